The Kier molecular flexibility index (Phi) is 3.59. The number of nitrogens with zero attached hydrogens (tertiary/aromatic N) is 1. The summed E-state index contributed by atoms with van der Waals surface area (Å²) in [6.45, 7) is 3.41. The van der Waals surface area contributed by atoms with Gasteiger partial charge in [0.05, 0.1) is 18.8 Å². The standard InChI is InChI=1S/C16H19NO4/c1-10-15(16(19)20-2)13-8-11(18)5-6-14(13)17(10)9-12-4-3-7-21-12/h5-6,8,12,18H,3-4,7,9H2,1-2H3/t12-/m1/s1. The molecular weight excluding hydrogens is 270 g/mol. The Labute approximate surface area is 123 Å². The van der Waals surface area contributed by atoms with Crippen LogP contribution in [0.1, 0.15) is 28.9 Å². The van der Waals surface area contributed by atoms with Gasteiger partial charge in [-0.1, -0.05) is 0 Å². The van der Waals surface area contributed by atoms with Gasteiger partial charge in [0.1, 0.15) is 5.75 Å². The summed E-state index contributed by atoms with van der Waals surface area (Å²) < 4.78 is 12.7. The molecule has 0 radical (unpaired) electrons. The largest absolute Gasteiger partial charge is 0.508 e. The van der Waals surface area contributed by atoms with Crippen LogP contribution in [0.25, 0.3) is 10.9 Å². The van der Waals surface area contributed by atoms with E-state index in [2.05, 4.69) is 4.57 Å². The highest BCUT2D eigenvalue weighted by molar-refractivity contribution is 6.06. The van der Waals surface area contributed by atoms with Crippen molar-refractivity contribution >= 4 is 16.9 Å². The van der Waals surface area contributed by atoms with E-state index in [1.165, 1.54) is 7.11 Å². The molecule has 0 bridgehead atoms. The fourth-order valence-electron chi connectivity index (χ4n) is 3.06. The number of carbonyl (C=O) groups is 1. The SMILES string of the molecule is COC(=O)c1c(C)n(C[C@H]2CCCO2)c2ccc(O)cc12. The van der Waals surface area contributed by atoms with Crippen molar-refractivity contribution in [3.8, 4) is 5.75 Å². The minimum absolute atomic E-state index is 0.141. The van der Waals surface area contributed by atoms with E-state index in [1.807, 2.05) is 13.0 Å². The summed E-state index contributed by atoms with van der Waals surface area (Å²) in [4.78, 5) is 12.1. The predicted octanol–water partition coefficient (Wildman–Crippen LogP) is 2.62. The Hall–Kier alpha value is -2.01. The van der Waals surface area contributed by atoms with Gasteiger partial charge in [0.2, 0.25) is 0 Å². The number of hydrogen-bond acceptors (Lipinski definition) is 4. The number of esters is 1. The number of aromatic hydroxyl groups is 1. The number of aromatic nitrogens is 1. The van der Waals surface area contributed by atoms with Crippen LogP contribution < -0.4 is 0 Å². The van der Waals surface area contributed by atoms with Crippen LogP contribution in [0.4, 0.5) is 0 Å². The third-order valence-corrected chi connectivity index (χ3v) is 4.11. The Balaban J connectivity index is 2.14. The lowest BCUT2D eigenvalue weighted by Crippen LogP contribution is -2.16. The molecule has 5 nitrogen and oxygen atoms in total. The summed E-state index contributed by atoms with van der Waals surface area (Å²) >= 11 is 0. The van der Waals surface area contributed by atoms with Crippen LogP contribution in [-0.4, -0.2) is 35.5 Å². The maximum Gasteiger partial charge on any atom is 0.340 e. The Bertz CT molecular complexity index is 683. The molecule has 3 rings (SSSR count). The molecular formula is C16H19NO4. The molecule has 1 aromatic heterocycles. The number of fused-ring (bicyclic) bond motifs is 1. The highest BCUT2D eigenvalue weighted by Gasteiger charge is 2.24. The molecule has 0 amide bonds. The molecule has 1 N–H and O–H groups in total. The smallest absolute Gasteiger partial charge is 0.340 e. The molecule has 1 fully saturated rings. The van der Waals surface area contributed by atoms with Gasteiger partial charge in [0.25, 0.3) is 0 Å². The van der Waals surface area contributed by atoms with Crippen molar-refractivity contribution in [2.24, 2.45) is 0 Å². The summed E-state index contributed by atoms with van der Waals surface area (Å²) in [5, 5.41) is 10.4. The van der Waals surface area contributed by atoms with Crippen molar-refractivity contribution < 1.29 is 19.4 Å². The van der Waals surface area contributed by atoms with Crippen LogP contribution in [0.5, 0.6) is 5.75 Å². The highest BCUT2D eigenvalue weighted by Crippen LogP contribution is 2.30. The second-order valence-electron chi connectivity index (χ2n) is 5.40. The van der Waals surface area contributed by atoms with Crippen molar-refractivity contribution in [1.82, 2.24) is 4.57 Å². The molecule has 0 unspecified atom stereocenters. The van der Waals surface area contributed by atoms with Gasteiger partial charge < -0.3 is 19.1 Å². The first-order valence-corrected chi connectivity index (χ1v) is 7.13. The zero-order chi connectivity index (χ0) is 15.0. The molecule has 0 saturated carbocycles. The van der Waals surface area contributed by atoms with Gasteiger partial charge in [-0.2, -0.15) is 0 Å². The van der Waals surface area contributed by atoms with Crippen LogP contribution in [0.15, 0.2) is 18.2 Å². The van der Waals surface area contributed by atoms with Crippen molar-refractivity contribution in [3.63, 3.8) is 0 Å². The lowest BCUT2D eigenvalue weighted by molar-refractivity contribution is 0.0600. The van der Waals surface area contributed by atoms with Gasteiger partial charge >= 0.3 is 5.97 Å². The molecule has 21 heavy (non-hydrogen) atoms. The van der Waals surface area contributed by atoms with E-state index in [0.29, 0.717) is 12.1 Å². The van der Waals surface area contributed by atoms with Crippen molar-refractivity contribution in [3.05, 3.63) is 29.5 Å². The number of rotatable bonds is 3. The van der Waals surface area contributed by atoms with Crippen molar-refractivity contribution in [1.29, 1.82) is 0 Å². The Morgan fingerprint density at radius 1 is 1.52 bits per heavy atom. The van der Waals surface area contributed by atoms with Gasteiger partial charge in [-0.3, -0.25) is 0 Å². The average molecular weight is 289 g/mol. The number of methoxy groups -OCH3 is 1. The number of ether oxygens (including phenoxy) is 2. The molecule has 1 saturated heterocycles. The normalized spacial score (nSPS) is 18.3. The monoisotopic (exact) mass is 289 g/mol. The molecule has 1 aliphatic heterocycles. The number of hydrogen-bond donors (Lipinski definition) is 1. The summed E-state index contributed by atoms with van der Waals surface area (Å²) in [6, 6.07) is 5.08. The number of phenolic OH excluding ortho intramolecular Hbond substituents is 1. The molecule has 2 heterocycles. The minimum atomic E-state index is -0.380. The third kappa shape index (κ3) is 2.38. The molecule has 0 spiro atoms. The second kappa shape index (κ2) is 5.41. The molecule has 1 aliphatic rings. The van der Waals surface area contributed by atoms with E-state index in [9.17, 15) is 9.90 Å². The van der Waals surface area contributed by atoms with Crippen LogP contribution in [0.2, 0.25) is 0 Å². The van der Waals surface area contributed by atoms with Gasteiger partial charge in [-0.05, 0) is 38.0 Å². The molecule has 1 atom stereocenters. The van der Waals surface area contributed by atoms with Gasteiger partial charge in [0, 0.05) is 29.7 Å². The number of carbonyl (C=O) groups excluding carboxylic acids is 1. The maximum absolute atomic E-state index is 12.1. The molecule has 112 valence electrons. The van der Waals surface area contributed by atoms with Crippen LogP contribution in [0, 0.1) is 6.92 Å². The first-order chi connectivity index (χ1) is 10.1. The van der Waals surface area contributed by atoms with Crippen molar-refractivity contribution in [2.45, 2.75) is 32.4 Å². The fraction of sp³-hybridized carbons (Fsp3) is 0.438. The van der Waals surface area contributed by atoms with Gasteiger partial charge in [-0.25, -0.2) is 4.79 Å². The summed E-state index contributed by atoms with van der Waals surface area (Å²) in [5.41, 5.74) is 2.28. The third-order valence-electron chi connectivity index (χ3n) is 4.11. The minimum Gasteiger partial charge on any atom is -0.508 e. The highest BCUT2D eigenvalue weighted by atomic mass is 16.5. The Morgan fingerprint density at radius 2 is 2.33 bits per heavy atom. The summed E-state index contributed by atoms with van der Waals surface area (Å²) in [7, 11) is 1.37. The maximum atomic E-state index is 12.1. The topological polar surface area (TPSA) is 60.7 Å². The summed E-state index contributed by atoms with van der Waals surface area (Å²) in [5.74, 6) is -0.240. The lowest BCUT2D eigenvalue weighted by atomic mass is 10.1. The first-order valence-electron chi connectivity index (χ1n) is 7.13. The van der Waals surface area contributed by atoms with E-state index < -0.39 is 0 Å². The van der Waals surface area contributed by atoms with E-state index in [1.54, 1.807) is 12.1 Å². The van der Waals surface area contributed by atoms with E-state index in [4.69, 9.17) is 9.47 Å². The molecule has 5 heteroatoms. The van der Waals surface area contributed by atoms with Crippen LogP contribution in [-0.2, 0) is 16.0 Å². The fourth-order valence-corrected chi connectivity index (χ4v) is 3.06. The van der Waals surface area contributed by atoms with Crippen molar-refractivity contribution in [2.75, 3.05) is 13.7 Å². The molecule has 2 aromatic rings. The van der Waals surface area contributed by atoms with E-state index in [0.717, 1.165) is 36.0 Å². The van der Waals surface area contributed by atoms with E-state index in [-0.39, 0.29) is 17.8 Å². The number of benzene rings is 1. The predicted molar refractivity (Wildman–Crippen MR) is 78.7 cm³/mol. The average Bonchev–Trinajstić information content (AvgIpc) is 3.06. The summed E-state index contributed by atoms with van der Waals surface area (Å²) in [6.07, 6.45) is 2.29. The first kappa shape index (κ1) is 13.9. The van der Waals surface area contributed by atoms with Gasteiger partial charge in [-0.15, -0.1) is 0 Å². The molecule has 1 aromatic carbocycles. The van der Waals surface area contributed by atoms with Gasteiger partial charge in [0.15, 0.2) is 0 Å². The zero-order valence-electron chi connectivity index (χ0n) is 12.3. The van der Waals surface area contributed by atoms with E-state index >= 15 is 0 Å². The van der Waals surface area contributed by atoms with Crippen LogP contribution >= 0.6 is 0 Å². The molecule has 0 aliphatic carbocycles. The Morgan fingerprint density at radius 3 is 3.00 bits per heavy atom. The lowest BCUT2D eigenvalue weighted by Gasteiger charge is -2.14. The quantitative estimate of drug-likeness (QED) is 0.882. The zero-order valence-corrected chi connectivity index (χ0v) is 12.3. The number of phenols is 1. The second-order valence-corrected chi connectivity index (χ2v) is 5.40. The van der Waals surface area contributed by atoms with Crippen LogP contribution in [0.3, 0.4) is 0 Å².